The van der Waals surface area contributed by atoms with Crippen LogP contribution in [-0.2, 0) is 19.4 Å². The lowest BCUT2D eigenvalue weighted by molar-refractivity contribution is 0.0993. The molecule has 0 saturated heterocycles. The van der Waals surface area contributed by atoms with Crippen LogP contribution in [0.1, 0.15) is 32.6 Å². The number of hydrogen-bond acceptors (Lipinski definition) is 2. The molecule has 0 fully saturated rings. The van der Waals surface area contributed by atoms with E-state index in [1.54, 1.807) is 0 Å². The van der Waals surface area contributed by atoms with Crippen LogP contribution < -0.4 is 5.32 Å². The lowest BCUT2D eigenvalue weighted by atomic mass is 9.95. The van der Waals surface area contributed by atoms with E-state index in [4.69, 9.17) is 0 Å². The second-order valence-electron chi connectivity index (χ2n) is 5.50. The van der Waals surface area contributed by atoms with Gasteiger partial charge >= 0.3 is 0 Å². The van der Waals surface area contributed by atoms with Crippen LogP contribution in [0.3, 0.4) is 0 Å². The number of nitrogens with one attached hydrogen (secondary N) is 1. The molecule has 0 atom stereocenters. The van der Waals surface area contributed by atoms with Crippen molar-refractivity contribution in [3.63, 3.8) is 0 Å². The van der Waals surface area contributed by atoms with Crippen LogP contribution >= 0.6 is 0 Å². The summed E-state index contributed by atoms with van der Waals surface area (Å²) in [5, 5.41) is 3.35. The molecular formula is C18H19NO. The lowest BCUT2D eigenvalue weighted by Gasteiger charge is -2.17. The molecule has 102 valence electrons. The first-order chi connectivity index (χ1) is 9.72. The van der Waals surface area contributed by atoms with Gasteiger partial charge in [0.05, 0.1) is 0 Å². The van der Waals surface area contributed by atoms with E-state index >= 15 is 0 Å². The maximum absolute atomic E-state index is 12.4. The fraction of sp³-hybridized carbons (Fsp3) is 0.278. The first kappa shape index (κ1) is 13.1. The van der Waals surface area contributed by atoms with Gasteiger partial charge in [-0.3, -0.25) is 4.79 Å². The van der Waals surface area contributed by atoms with E-state index in [0.29, 0.717) is 6.42 Å². The van der Waals surface area contributed by atoms with Crippen LogP contribution in [0.25, 0.3) is 0 Å². The molecule has 0 saturated carbocycles. The molecule has 1 aliphatic rings. The van der Waals surface area contributed by atoms with E-state index in [0.717, 1.165) is 30.6 Å². The highest BCUT2D eigenvalue weighted by Gasteiger charge is 2.12. The van der Waals surface area contributed by atoms with Gasteiger partial charge in [0.2, 0.25) is 0 Å². The average Bonchev–Trinajstić information content (AvgIpc) is 2.49. The van der Waals surface area contributed by atoms with Crippen molar-refractivity contribution in [2.45, 2.75) is 26.3 Å². The van der Waals surface area contributed by atoms with Crippen molar-refractivity contribution < 1.29 is 4.79 Å². The van der Waals surface area contributed by atoms with Gasteiger partial charge in [-0.25, -0.2) is 0 Å². The minimum absolute atomic E-state index is 0.197. The van der Waals surface area contributed by atoms with E-state index in [1.165, 1.54) is 16.7 Å². The van der Waals surface area contributed by atoms with Crippen molar-refractivity contribution in [2.24, 2.45) is 0 Å². The number of hydrogen-bond donors (Lipinski definition) is 1. The summed E-state index contributed by atoms with van der Waals surface area (Å²) in [7, 11) is 0. The summed E-state index contributed by atoms with van der Waals surface area (Å²) in [5.74, 6) is 0.197. The minimum Gasteiger partial charge on any atom is -0.312 e. The van der Waals surface area contributed by atoms with Crippen molar-refractivity contribution in [3.05, 3.63) is 70.3 Å². The standard InChI is InChI=1S/C18H19NO/c1-13-2-4-14(5-3-13)10-18(20)16-7-6-15-8-9-19-12-17(15)11-16/h2-7,11,19H,8-10,12H2,1H3. The Balaban J connectivity index is 1.78. The molecule has 1 N–H and O–H groups in total. The van der Waals surface area contributed by atoms with Gasteiger partial charge in [-0.2, -0.15) is 0 Å². The van der Waals surface area contributed by atoms with E-state index in [2.05, 4.69) is 36.5 Å². The third kappa shape index (κ3) is 2.81. The maximum Gasteiger partial charge on any atom is 0.167 e. The molecular weight excluding hydrogens is 246 g/mol. The first-order valence-electron chi connectivity index (χ1n) is 7.13. The molecule has 0 radical (unpaired) electrons. The zero-order chi connectivity index (χ0) is 13.9. The zero-order valence-electron chi connectivity index (χ0n) is 11.8. The quantitative estimate of drug-likeness (QED) is 0.864. The van der Waals surface area contributed by atoms with Gasteiger partial charge in [-0.05, 0) is 42.6 Å². The molecule has 1 heterocycles. The summed E-state index contributed by atoms with van der Waals surface area (Å²) in [6, 6.07) is 14.3. The van der Waals surface area contributed by atoms with Crippen LogP contribution in [0, 0.1) is 6.92 Å². The second kappa shape index (κ2) is 5.59. The largest absolute Gasteiger partial charge is 0.312 e. The Morgan fingerprint density at radius 1 is 1.10 bits per heavy atom. The second-order valence-corrected chi connectivity index (χ2v) is 5.50. The Kier molecular flexibility index (Phi) is 3.66. The Morgan fingerprint density at radius 2 is 1.90 bits per heavy atom. The molecule has 20 heavy (non-hydrogen) atoms. The van der Waals surface area contributed by atoms with Gasteiger partial charge in [0.15, 0.2) is 5.78 Å². The van der Waals surface area contributed by atoms with Gasteiger partial charge in [0.1, 0.15) is 0 Å². The number of rotatable bonds is 3. The number of aryl methyl sites for hydroxylation is 1. The number of fused-ring (bicyclic) bond motifs is 1. The molecule has 0 aliphatic carbocycles. The molecule has 1 aliphatic heterocycles. The average molecular weight is 265 g/mol. The number of Topliss-reactive ketones (excluding diaryl/α,β-unsaturated/α-hetero) is 1. The number of carbonyl (C=O) groups is 1. The predicted octanol–water partition coefficient (Wildman–Crippen LogP) is 3.07. The SMILES string of the molecule is Cc1ccc(CC(=O)c2ccc3c(c2)CNCC3)cc1. The highest BCUT2D eigenvalue weighted by molar-refractivity contribution is 5.97. The molecule has 0 bridgehead atoms. The van der Waals surface area contributed by atoms with Crippen LogP contribution in [0.4, 0.5) is 0 Å². The summed E-state index contributed by atoms with van der Waals surface area (Å²) in [5.41, 5.74) is 5.77. The summed E-state index contributed by atoms with van der Waals surface area (Å²) in [6.07, 6.45) is 1.54. The highest BCUT2D eigenvalue weighted by atomic mass is 16.1. The topological polar surface area (TPSA) is 29.1 Å². The molecule has 0 amide bonds. The smallest absolute Gasteiger partial charge is 0.167 e. The van der Waals surface area contributed by atoms with Crippen molar-refractivity contribution in [1.29, 1.82) is 0 Å². The monoisotopic (exact) mass is 265 g/mol. The Labute approximate surface area is 119 Å². The third-order valence-corrected chi connectivity index (χ3v) is 3.90. The van der Waals surface area contributed by atoms with Gasteiger partial charge in [-0.15, -0.1) is 0 Å². The Hall–Kier alpha value is -1.93. The fourth-order valence-electron chi connectivity index (χ4n) is 2.65. The number of carbonyl (C=O) groups excluding carboxylic acids is 1. The van der Waals surface area contributed by atoms with Crippen molar-refractivity contribution >= 4 is 5.78 Å². The van der Waals surface area contributed by atoms with Crippen molar-refractivity contribution in [1.82, 2.24) is 5.32 Å². The molecule has 2 aromatic carbocycles. The molecule has 0 spiro atoms. The molecule has 3 rings (SSSR count). The first-order valence-corrected chi connectivity index (χ1v) is 7.13. The Bertz CT molecular complexity index is 628. The number of benzene rings is 2. The third-order valence-electron chi connectivity index (χ3n) is 3.90. The molecule has 2 nitrogen and oxygen atoms in total. The minimum atomic E-state index is 0.197. The summed E-state index contributed by atoms with van der Waals surface area (Å²) in [6.45, 7) is 3.97. The molecule has 2 heteroatoms. The predicted molar refractivity (Wildman–Crippen MR) is 81.1 cm³/mol. The summed E-state index contributed by atoms with van der Waals surface area (Å²) < 4.78 is 0. The van der Waals surface area contributed by atoms with E-state index in [-0.39, 0.29) is 5.78 Å². The maximum atomic E-state index is 12.4. The van der Waals surface area contributed by atoms with Crippen LogP contribution in [0.5, 0.6) is 0 Å². The fourth-order valence-corrected chi connectivity index (χ4v) is 2.65. The Morgan fingerprint density at radius 3 is 2.70 bits per heavy atom. The molecule has 2 aromatic rings. The normalized spacial score (nSPS) is 13.8. The number of ketones is 1. The van der Waals surface area contributed by atoms with Crippen LogP contribution in [-0.4, -0.2) is 12.3 Å². The summed E-state index contributed by atoms with van der Waals surface area (Å²) in [4.78, 5) is 12.4. The highest BCUT2D eigenvalue weighted by Crippen LogP contribution is 2.17. The van der Waals surface area contributed by atoms with Crippen LogP contribution in [0.2, 0.25) is 0 Å². The molecule has 0 aromatic heterocycles. The van der Waals surface area contributed by atoms with Crippen molar-refractivity contribution in [2.75, 3.05) is 6.54 Å². The van der Waals surface area contributed by atoms with Crippen LogP contribution in [0.15, 0.2) is 42.5 Å². The van der Waals surface area contributed by atoms with E-state index in [1.807, 2.05) is 18.2 Å². The van der Waals surface area contributed by atoms with Crippen molar-refractivity contribution in [3.8, 4) is 0 Å². The zero-order valence-corrected chi connectivity index (χ0v) is 11.8. The van der Waals surface area contributed by atoms with Gasteiger partial charge in [0, 0.05) is 18.5 Å². The van der Waals surface area contributed by atoms with Gasteiger partial charge < -0.3 is 5.32 Å². The van der Waals surface area contributed by atoms with E-state index in [9.17, 15) is 4.79 Å². The van der Waals surface area contributed by atoms with Gasteiger partial charge in [0.25, 0.3) is 0 Å². The lowest BCUT2D eigenvalue weighted by Crippen LogP contribution is -2.23. The van der Waals surface area contributed by atoms with Gasteiger partial charge in [-0.1, -0.05) is 42.0 Å². The molecule has 0 unspecified atom stereocenters. The summed E-state index contributed by atoms with van der Waals surface area (Å²) >= 11 is 0. The van der Waals surface area contributed by atoms with E-state index < -0.39 is 0 Å².